The molecule has 0 spiro atoms. The van der Waals surface area contributed by atoms with Crippen molar-refractivity contribution in [3.63, 3.8) is 0 Å². The lowest BCUT2D eigenvalue weighted by molar-refractivity contribution is 0.391. The van der Waals surface area contributed by atoms with Gasteiger partial charge in [-0.2, -0.15) is 0 Å². The summed E-state index contributed by atoms with van der Waals surface area (Å²) in [6.45, 7) is 12.7. The van der Waals surface area contributed by atoms with E-state index in [1.807, 2.05) is 0 Å². The molecule has 90 valence electrons. The first-order chi connectivity index (χ1) is 7.15. The second-order valence-corrected chi connectivity index (χ2v) is 6.59. The SMILES string of the molecule is CCCC=C(CCC)[SiH2]N(CC)C(C)C. The van der Waals surface area contributed by atoms with Gasteiger partial charge in [0.2, 0.25) is 0 Å². The molecule has 0 bridgehead atoms. The third kappa shape index (κ3) is 6.91. The lowest BCUT2D eigenvalue weighted by Crippen LogP contribution is -2.35. The molecule has 0 unspecified atom stereocenters. The predicted octanol–water partition coefficient (Wildman–Crippen LogP) is 3.28. The fourth-order valence-electron chi connectivity index (χ4n) is 1.84. The van der Waals surface area contributed by atoms with Gasteiger partial charge in [0.05, 0.1) is 0 Å². The topological polar surface area (TPSA) is 3.24 Å². The van der Waals surface area contributed by atoms with Crippen LogP contribution in [-0.2, 0) is 0 Å². The number of allylic oxidation sites excluding steroid dienone is 2. The van der Waals surface area contributed by atoms with Crippen LogP contribution in [0.25, 0.3) is 0 Å². The molecule has 0 aliphatic rings. The van der Waals surface area contributed by atoms with E-state index in [4.69, 9.17) is 0 Å². The maximum Gasteiger partial charge on any atom is 0.122 e. The van der Waals surface area contributed by atoms with Crippen LogP contribution in [0.1, 0.15) is 60.3 Å². The van der Waals surface area contributed by atoms with Gasteiger partial charge in [-0.25, -0.2) is 0 Å². The largest absolute Gasteiger partial charge is 0.323 e. The average Bonchev–Trinajstić information content (AvgIpc) is 2.21. The normalized spacial score (nSPS) is 13.7. The quantitative estimate of drug-likeness (QED) is 0.575. The molecule has 0 saturated carbocycles. The van der Waals surface area contributed by atoms with Gasteiger partial charge in [0.25, 0.3) is 0 Å². The average molecular weight is 227 g/mol. The second kappa shape index (κ2) is 9.17. The van der Waals surface area contributed by atoms with Crippen molar-refractivity contribution in [3.8, 4) is 0 Å². The monoisotopic (exact) mass is 227 g/mol. The Balaban J connectivity index is 4.24. The molecule has 0 N–H and O–H groups in total. The Kier molecular flexibility index (Phi) is 9.11. The van der Waals surface area contributed by atoms with E-state index in [0.717, 1.165) is 6.04 Å². The number of unbranched alkanes of at least 4 members (excludes halogenated alkanes) is 1. The summed E-state index contributed by atoms with van der Waals surface area (Å²) in [5.41, 5.74) is 0. The van der Waals surface area contributed by atoms with Crippen LogP contribution < -0.4 is 0 Å². The van der Waals surface area contributed by atoms with Crippen molar-refractivity contribution in [1.29, 1.82) is 0 Å². The summed E-state index contributed by atoms with van der Waals surface area (Å²) < 4.78 is 2.68. The molecular weight excluding hydrogens is 198 g/mol. The molecule has 0 aromatic heterocycles. The van der Waals surface area contributed by atoms with Gasteiger partial charge in [-0.3, -0.25) is 0 Å². The van der Waals surface area contributed by atoms with E-state index in [0.29, 0.717) is 0 Å². The summed E-state index contributed by atoms with van der Waals surface area (Å²) in [4.78, 5) is 0. The highest BCUT2D eigenvalue weighted by molar-refractivity contribution is 6.42. The molecule has 0 radical (unpaired) electrons. The minimum Gasteiger partial charge on any atom is -0.323 e. The molecule has 15 heavy (non-hydrogen) atoms. The smallest absolute Gasteiger partial charge is 0.122 e. The lowest BCUT2D eigenvalue weighted by atomic mass is 10.2. The van der Waals surface area contributed by atoms with Crippen LogP contribution in [0.3, 0.4) is 0 Å². The van der Waals surface area contributed by atoms with Gasteiger partial charge in [0.1, 0.15) is 9.68 Å². The van der Waals surface area contributed by atoms with Gasteiger partial charge < -0.3 is 4.57 Å². The third-order valence-electron chi connectivity index (χ3n) is 2.84. The number of rotatable bonds is 8. The van der Waals surface area contributed by atoms with Gasteiger partial charge >= 0.3 is 0 Å². The maximum absolute atomic E-state index is 2.68. The zero-order chi connectivity index (χ0) is 11.7. The maximum atomic E-state index is 2.68. The fraction of sp³-hybridized carbons (Fsp3) is 0.846. The third-order valence-corrected chi connectivity index (χ3v) is 5.47. The van der Waals surface area contributed by atoms with Crippen LogP contribution in [0.2, 0.25) is 0 Å². The molecule has 0 aliphatic carbocycles. The molecular formula is C13H29NSi. The van der Waals surface area contributed by atoms with Gasteiger partial charge in [0.15, 0.2) is 0 Å². The Morgan fingerprint density at radius 2 is 1.87 bits per heavy atom. The molecule has 0 amide bonds. The molecule has 1 nitrogen and oxygen atoms in total. The highest BCUT2D eigenvalue weighted by Crippen LogP contribution is 2.09. The summed E-state index contributed by atoms with van der Waals surface area (Å²) in [5.74, 6) is 0. The molecule has 2 heteroatoms. The van der Waals surface area contributed by atoms with Crippen LogP contribution in [-0.4, -0.2) is 26.8 Å². The molecule has 0 rings (SSSR count). The van der Waals surface area contributed by atoms with E-state index in [9.17, 15) is 0 Å². The number of hydrogen-bond donors (Lipinski definition) is 0. The molecule has 0 atom stereocenters. The van der Waals surface area contributed by atoms with Crippen LogP contribution in [0.4, 0.5) is 0 Å². The summed E-state index contributed by atoms with van der Waals surface area (Å²) in [6, 6.07) is 0.726. The zero-order valence-electron chi connectivity index (χ0n) is 11.3. The van der Waals surface area contributed by atoms with Gasteiger partial charge in [-0.1, -0.05) is 58.7 Å². The van der Waals surface area contributed by atoms with E-state index in [1.54, 1.807) is 5.20 Å². The van der Waals surface area contributed by atoms with Crippen molar-refractivity contribution in [3.05, 3.63) is 11.3 Å². The first kappa shape index (κ1) is 14.9. The molecule has 0 fully saturated rings. The predicted molar refractivity (Wildman–Crippen MR) is 74.0 cm³/mol. The van der Waals surface area contributed by atoms with Crippen LogP contribution >= 0.6 is 0 Å². The van der Waals surface area contributed by atoms with Crippen molar-refractivity contribution in [2.45, 2.75) is 66.3 Å². The summed E-state index contributed by atoms with van der Waals surface area (Å²) >= 11 is 0. The van der Waals surface area contributed by atoms with Gasteiger partial charge in [-0.05, 0) is 25.4 Å². The standard InChI is InChI=1S/C13H29NSi/c1-6-9-11-13(10-7-2)15-14(8-3)12(4)5/h11-12H,6-10,15H2,1-5H3. The van der Waals surface area contributed by atoms with Crippen molar-refractivity contribution in [2.75, 3.05) is 6.54 Å². The highest BCUT2D eigenvalue weighted by atomic mass is 28.2. The van der Waals surface area contributed by atoms with E-state index in [1.165, 1.54) is 32.2 Å². The van der Waals surface area contributed by atoms with Crippen LogP contribution in [0, 0.1) is 0 Å². The molecule has 0 aromatic rings. The Morgan fingerprint density at radius 3 is 2.27 bits per heavy atom. The van der Waals surface area contributed by atoms with Crippen LogP contribution in [0.5, 0.6) is 0 Å². The number of hydrogen-bond acceptors (Lipinski definition) is 1. The van der Waals surface area contributed by atoms with Crippen molar-refractivity contribution in [1.82, 2.24) is 4.57 Å². The number of nitrogens with zero attached hydrogens (tertiary/aromatic N) is 1. The van der Waals surface area contributed by atoms with Crippen molar-refractivity contribution >= 4 is 9.68 Å². The molecule has 0 aromatic carbocycles. The second-order valence-electron chi connectivity index (χ2n) is 4.56. The van der Waals surface area contributed by atoms with E-state index in [2.05, 4.69) is 45.3 Å². The Bertz CT molecular complexity index is 175. The summed E-state index contributed by atoms with van der Waals surface area (Å²) in [6.07, 6.45) is 7.71. The fourth-order valence-corrected chi connectivity index (χ4v) is 3.79. The molecule has 0 heterocycles. The first-order valence-corrected chi connectivity index (χ1v) is 7.91. The van der Waals surface area contributed by atoms with E-state index >= 15 is 0 Å². The molecule has 0 saturated heterocycles. The molecule has 0 aliphatic heterocycles. The van der Waals surface area contributed by atoms with Crippen molar-refractivity contribution < 1.29 is 0 Å². The van der Waals surface area contributed by atoms with Crippen molar-refractivity contribution in [2.24, 2.45) is 0 Å². The van der Waals surface area contributed by atoms with Gasteiger partial charge in [-0.15, -0.1) is 0 Å². The summed E-state index contributed by atoms with van der Waals surface area (Å²) in [7, 11) is -0.145. The Morgan fingerprint density at radius 1 is 1.20 bits per heavy atom. The first-order valence-electron chi connectivity index (χ1n) is 6.57. The minimum absolute atomic E-state index is 0.145. The highest BCUT2D eigenvalue weighted by Gasteiger charge is 2.09. The Hall–Kier alpha value is -0.0831. The Labute approximate surface area is 98.8 Å². The van der Waals surface area contributed by atoms with E-state index < -0.39 is 0 Å². The van der Waals surface area contributed by atoms with Crippen LogP contribution in [0.15, 0.2) is 11.3 Å². The van der Waals surface area contributed by atoms with E-state index in [-0.39, 0.29) is 9.68 Å². The minimum atomic E-state index is -0.145. The zero-order valence-corrected chi connectivity index (χ0v) is 12.8. The summed E-state index contributed by atoms with van der Waals surface area (Å²) in [5, 5.41) is 1.77. The lowest BCUT2D eigenvalue weighted by Gasteiger charge is -2.26. The van der Waals surface area contributed by atoms with Gasteiger partial charge in [0, 0.05) is 0 Å².